The fourth-order valence-electron chi connectivity index (χ4n) is 2.36. The third kappa shape index (κ3) is 3.66. The van der Waals surface area contributed by atoms with Gasteiger partial charge in [-0.05, 0) is 47.6 Å². The fraction of sp³-hybridized carbons (Fsp3) is 0.333. The van der Waals surface area contributed by atoms with Gasteiger partial charge in [-0.3, -0.25) is 0 Å². The molecule has 0 amide bonds. The Bertz CT molecular complexity index is 518. The minimum absolute atomic E-state index is 0.105. The molecule has 2 aromatic carbocycles. The molecular weight excluding hydrogens is 235 g/mol. The first-order valence-corrected chi connectivity index (χ1v) is 6.88. The van der Waals surface area contributed by atoms with Crippen molar-refractivity contribution in [3.8, 4) is 0 Å². The lowest BCUT2D eigenvalue weighted by molar-refractivity contribution is 0.612. The van der Waals surface area contributed by atoms with Gasteiger partial charge in [0, 0.05) is 6.42 Å². The third-order valence-electron chi connectivity index (χ3n) is 3.40. The van der Waals surface area contributed by atoms with Gasteiger partial charge in [0.1, 0.15) is 5.82 Å². The molecule has 0 aliphatic rings. The van der Waals surface area contributed by atoms with Crippen LogP contribution >= 0.6 is 0 Å². The maximum absolute atomic E-state index is 13.8. The molecule has 0 spiro atoms. The molecular formula is C18H21F. The number of halogens is 1. The Balaban J connectivity index is 2.15. The van der Waals surface area contributed by atoms with Gasteiger partial charge in [0.15, 0.2) is 0 Å². The van der Waals surface area contributed by atoms with Crippen LogP contribution in [0.5, 0.6) is 0 Å². The van der Waals surface area contributed by atoms with Gasteiger partial charge in [0.25, 0.3) is 0 Å². The molecule has 0 bridgehead atoms. The third-order valence-corrected chi connectivity index (χ3v) is 3.40. The number of benzene rings is 2. The first kappa shape index (κ1) is 13.8. The highest BCUT2D eigenvalue weighted by Crippen LogP contribution is 2.18. The minimum Gasteiger partial charge on any atom is -0.207 e. The summed E-state index contributed by atoms with van der Waals surface area (Å²) in [6.07, 6.45) is 1.76. The fourth-order valence-corrected chi connectivity index (χ4v) is 2.36. The zero-order chi connectivity index (χ0) is 13.8. The highest BCUT2D eigenvalue weighted by molar-refractivity contribution is 5.34. The number of hydrogen-bond acceptors (Lipinski definition) is 0. The Hall–Kier alpha value is -1.63. The van der Waals surface area contributed by atoms with Crippen molar-refractivity contribution in [3.05, 3.63) is 70.5 Å². The van der Waals surface area contributed by atoms with Gasteiger partial charge in [-0.2, -0.15) is 0 Å². The molecule has 0 fully saturated rings. The van der Waals surface area contributed by atoms with Crippen LogP contribution in [0.15, 0.2) is 42.5 Å². The van der Waals surface area contributed by atoms with Crippen LogP contribution in [0.2, 0.25) is 0 Å². The monoisotopic (exact) mass is 256 g/mol. The Kier molecular flexibility index (Phi) is 4.36. The summed E-state index contributed by atoms with van der Waals surface area (Å²) in [5, 5.41) is 0. The van der Waals surface area contributed by atoms with Gasteiger partial charge < -0.3 is 0 Å². The summed E-state index contributed by atoms with van der Waals surface area (Å²) in [5.41, 5.74) is 4.34. The van der Waals surface area contributed by atoms with E-state index in [2.05, 4.69) is 38.1 Å². The van der Waals surface area contributed by atoms with Crippen LogP contribution in [0.25, 0.3) is 0 Å². The Morgan fingerprint density at radius 3 is 2.16 bits per heavy atom. The van der Waals surface area contributed by atoms with Crippen LogP contribution in [0, 0.1) is 18.7 Å². The molecule has 0 aliphatic carbocycles. The van der Waals surface area contributed by atoms with Crippen LogP contribution < -0.4 is 0 Å². The van der Waals surface area contributed by atoms with E-state index in [1.165, 1.54) is 17.2 Å². The van der Waals surface area contributed by atoms with Gasteiger partial charge >= 0.3 is 0 Å². The molecule has 0 N–H and O–H groups in total. The normalized spacial score (nSPS) is 11.0. The second-order valence-electron chi connectivity index (χ2n) is 5.63. The maximum Gasteiger partial charge on any atom is 0.126 e. The van der Waals surface area contributed by atoms with E-state index in [1.54, 1.807) is 6.07 Å². The zero-order valence-corrected chi connectivity index (χ0v) is 11.9. The van der Waals surface area contributed by atoms with E-state index in [9.17, 15) is 4.39 Å². The molecule has 0 aliphatic heterocycles. The van der Waals surface area contributed by atoms with Crippen molar-refractivity contribution in [3.63, 3.8) is 0 Å². The highest BCUT2D eigenvalue weighted by atomic mass is 19.1. The zero-order valence-electron chi connectivity index (χ0n) is 11.9. The van der Waals surface area contributed by atoms with E-state index < -0.39 is 0 Å². The molecule has 0 saturated carbocycles. The molecule has 1 heteroatoms. The number of rotatable bonds is 4. The van der Waals surface area contributed by atoms with Crippen molar-refractivity contribution in [1.82, 2.24) is 0 Å². The second kappa shape index (κ2) is 6.01. The van der Waals surface area contributed by atoms with Crippen molar-refractivity contribution in [2.75, 3.05) is 0 Å². The molecule has 0 radical (unpaired) electrons. The van der Waals surface area contributed by atoms with Crippen molar-refractivity contribution < 1.29 is 4.39 Å². The van der Waals surface area contributed by atoms with Gasteiger partial charge in [-0.1, -0.05) is 50.2 Å². The smallest absolute Gasteiger partial charge is 0.126 e. The van der Waals surface area contributed by atoms with E-state index in [-0.39, 0.29) is 5.82 Å². The van der Waals surface area contributed by atoms with Crippen LogP contribution in [0.4, 0.5) is 4.39 Å². The van der Waals surface area contributed by atoms with Gasteiger partial charge in [0.05, 0.1) is 0 Å². The minimum atomic E-state index is -0.105. The first-order valence-electron chi connectivity index (χ1n) is 6.88. The summed E-state index contributed by atoms with van der Waals surface area (Å²) in [6.45, 7) is 6.40. The summed E-state index contributed by atoms with van der Waals surface area (Å²) in [4.78, 5) is 0. The van der Waals surface area contributed by atoms with Crippen LogP contribution in [-0.2, 0) is 12.8 Å². The van der Waals surface area contributed by atoms with Gasteiger partial charge in [-0.25, -0.2) is 4.39 Å². The van der Waals surface area contributed by atoms with Crippen molar-refractivity contribution in [1.29, 1.82) is 0 Å². The summed E-state index contributed by atoms with van der Waals surface area (Å²) >= 11 is 0. The molecule has 0 saturated heterocycles. The summed E-state index contributed by atoms with van der Waals surface area (Å²) in [5.74, 6) is 0.561. The lowest BCUT2D eigenvalue weighted by Crippen LogP contribution is -1.97. The van der Waals surface area contributed by atoms with Crippen LogP contribution in [-0.4, -0.2) is 0 Å². The summed E-state index contributed by atoms with van der Waals surface area (Å²) < 4.78 is 13.8. The van der Waals surface area contributed by atoms with E-state index in [0.29, 0.717) is 12.3 Å². The SMILES string of the molecule is Cc1cccc(F)c1Cc1ccc(CC(C)C)cc1. The molecule has 0 atom stereocenters. The predicted octanol–water partition coefficient (Wildman–Crippen LogP) is 4.92. The standard InChI is InChI=1S/C18H21F/c1-13(2)11-15-7-9-16(10-8-15)12-17-14(3)5-4-6-18(17)19/h4-10,13H,11-12H2,1-3H3. The molecule has 0 nitrogen and oxygen atoms in total. The largest absolute Gasteiger partial charge is 0.207 e. The molecule has 0 heterocycles. The predicted molar refractivity (Wildman–Crippen MR) is 78.9 cm³/mol. The highest BCUT2D eigenvalue weighted by Gasteiger charge is 2.06. The maximum atomic E-state index is 13.8. The Morgan fingerprint density at radius 2 is 1.58 bits per heavy atom. The number of aryl methyl sites for hydroxylation is 1. The summed E-state index contributed by atoms with van der Waals surface area (Å²) in [7, 11) is 0. The van der Waals surface area contributed by atoms with Crippen molar-refractivity contribution >= 4 is 0 Å². The Morgan fingerprint density at radius 1 is 0.947 bits per heavy atom. The molecule has 2 aromatic rings. The molecule has 0 unspecified atom stereocenters. The second-order valence-corrected chi connectivity index (χ2v) is 5.63. The molecule has 0 aromatic heterocycles. The Labute approximate surface area is 115 Å². The van der Waals surface area contributed by atoms with E-state index in [0.717, 1.165) is 17.5 Å². The summed E-state index contributed by atoms with van der Waals surface area (Å²) in [6, 6.07) is 13.8. The van der Waals surface area contributed by atoms with Crippen molar-refractivity contribution in [2.45, 2.75) is 33.6 Å². The average molecular weight is 256 g/mol. The molecule has 19 heavy (non-hydrogen) atoms. The first-order chi connectivity index (χ1) is 9.06. The quantitative estimate of drug-likeness (QED) is 0.728. The lowest BCUT2D eigenvalue weighted by Gasteiger charge is -2.09. The van der Waals surface area contributed by atoms with Crippen LogP contribution in [0.3, 0.4) is 0 Å². The molecule has 100 valence electrons. The number of hydrogen-bond donors (Lipinski definition) is 0. The molecule has 2 rings (SSSR count). The van der Waals surface area contributed by atoms with Gasteiger partial charge in [0.2, 0.25) is 0 Å². The van der Waals surface area contributed by atoms with E-state index in [1.807, 2.05) is 13.0 Å². The van der Waals surface area contributed by atoms with E-state index in [4.69, 9.17) is 0 Å². The average Bonchev–Trinajstić information content (AvgIpc) is 2.35. The van der Waals surface area contributed by atoms with Crippen molar-refractivity contribution in [2.24, 2.45) is 5.92 Å². The van der Waals surface area contributed by atoms with E-state index >= 15 is 0 Å². The topological polar surface area (TPSA) is 0 Å². The lowest BCUT2D eigenvalue weighted by atomic mass is 9.97. The van der Waals surface area contributed by atoms with Gasteiger partial charge in [-0.15, -0.1) is 0 Å². The van der Waals surface area contributed by atoms with Crippen LogP contribution in [0.1, 0.15) is 36.1 Å².